The predicted octanol–water partition coefficient (Wildman–Crippen LogP) is 3.04. The Morgan fingerprint density at radius 2 is 2.15 bits per heavy atom. The second-order valence-electron chi connectivity index (χ2n) is 5.02. The van der Waals surface area contributed by atoms with Gasteiger partial charge in [-0.3, -0.25) is 5.10 Å². The highest BCUT2D eigenvalue weighted by atomic mass is 79.9. The second-order valence-corrected chi connectivity index (χ2v) is 5.81. The number of nitrogens with zero attached hydrogens (tertiary/aromatic N) is 4. The van der Waals surface area contributed by atoms with Crippen LogP contribution in [0.1, 0.15) is 32.9 Å². The van der Waals surface area contributed by atoms with Crippen LogP contribution in [0, 0.1) is 5.92 Å². The minimum atomic E-state index is 0.516. The maximum absolute atomic E-state index is 4.59. The van der Waals surface area contributed by atoms with Crippen LogP contribution in [-0.4, -0.2) is 31.7 Å². The average molecular weight is 339 g/mol. The number of rotatable bonds is 6. The van der Waals surface area contributed by atoms with E-state index in [-0.39, 0.29) is 0 Å². The van der Waals surface area contributed by atoms with E-state index in [1.165, 1.54) is 6.33 Å². The molecule has 2 aromatic heterocycles. The molecule has 0 radical (unpaired) electrons. The van der Waals surface area contributed by atoms with Gasteiger partial charge in [0.05, 0.1) is 10.2 Å². The second kappa shape index (κ2) is 6.78. The van der Waals surface area contributed by atoms with Crippen molar-refractivity contribution in [2.75, 3.05) is 11.9 Å². The minimum absolute atomic E-state index is 0.516. The summed E-state index contributed by atoms with van der Waals surface area (Å²) in [6.45, 7) is 7.32. The molecule has 0 bridgehead atoms. The molecule has 0 saturated carbocycles. The molecule has 7 heteroatoms. The van der Waals surface area contributed by atoms with Crippen molar-refractivity contribution < 1.29 is 0 Å². The molecular weight excluding hydrogens is 320 g/mol. The fourth-order valence-electron chi connectivity index (χ4n) is 1.80. The standard InChI is InChI=1S/C13H19BrN6/c1-4-5-15-11-10(14)9(6-8(2)3)18-13(19-11)12-16-7-17-20-12/h7-8H,4-6H2,1-3H3,(H,15,18,19)(H,16,17,20). The Bertz CT molecular complexity index is 552. The zero-order valence-corrected chi connectivity index (χ0v) is 13.5. The van der Waals surface area contributed by atoms with Gasteiger partial charge in [0.15, 0.2) is 11.6 Å². The molecule has 0 aliphatic rings. The number of aromatic nitrogens is 5. The lowest BCUT2D eigenvalue weighted by Gasteiger charge is -2.13. The van der Waals surface area contributed by atoms with Crippen molar-refractivity contribution in [1.29, 1.82) is 0 Å². The third-order valence-electron chi connectivity index (χ3n) is 2.69. The molecule has 0 unspecified atom stereocenters. The van der Waals surface area contributed by atoms with Crippen LogP contribution in [0.3, 0.4) is 0 Å². The van der Waals surface area contributed by atoms with E-state index in [0.717, 1.165) is 35.4 Å². The number of hydrogen-bond acceptors (Lipinski definition) is 5. The van der Waals surface area contributed by atoms with Gasteiger partial charge in [0, 0.05) is 6.54 Å². The summed E-state index contributed by atoms with van der Waals surface area (Å²) in [5.41, 5.74) is 0.986. The van der Waals surface area contributed by atoms with Gasteiger partial charge in [-0.15, -0.1) is 0 Å². The number of anilines is 1. The average Bonchev–Trinajstić information content (AvgIpc) is 2.93. The summed E-state index contributed by atoms with van der Waals surface area (Å²) in [5.74, 6) is 2.48. The van der Waals surface area contributed by atoms with Gasteiger partial charge >= 0.3 is 0 Å². The Morgan fingerprint density at radius 3 is 2.75 bits per heavy atom. The summed E-state index contributed by atoms with van der Waals surface area (Å²) < 4.78 is 0.933. The van der Waals surface area contributed by atoms with E-state index >= 15 is 0 Å². The van der Waals surface area contributed by atoms with Gasteiger partial charge in [0.25, 0.3) is 0 Å². The van der Waals surface area contributed by atoms with Gasteiger partial charge in [-0.2, -0.15) is 5.10 Å². The zero-order valence-electron chi connectivity index (χ0n) is 11.9. The highest BCUT2D eigenvalue weighted by Gasteiger charge is 2.15. The largest absolute Gasteiger partial charge is 0.369 e. The zero-order chi connectivity index (χ0) is 14.5. The Kier molecular flexibility index (Phi) is 5.05. The summed E-state index contributed by atoms with van der Waals surface area (Å²) in [6.07, 6.45) is 3.38. The number of halogens is 1. The molecule has 20 heavy (non-hydrogen) atoms. The molecular formula is C13H19BrN6. The van der Waals surface area contributed by atoms with Crippen LogP contribution >= 0.6 is 15.9 Å². The van der Waals surface area contributed by atoms with Gasteiger partial charge in [-0.25, -0.2) is 15.0 Å². The first-order valence-electron chi connectivity index (χ1n) is 6.77. The van der Waals surface area contributed by atoms with E-state index in [1.807, 2.05) is 0 Å². The van der Waals surface area contributed by atoms with Crippen LogP contribution in [0.2, 0.25) is 0 Å². The molecule has 0 aromatic carbocycles. The summed E-state index contributed by atoms with van der Waals surface area (Å²) in [5, 5.41) is 9.98. The van der Waals surface area contributed by atoms with Crippen molar-refractivity contribution in [3.63, 3.8) is 0 Å². The van der Waals surface area contributed by atoms with Crippen molar-refractivity contribution in [2.24, 2.45) is 5.92 Å². The monoisotopic (exact) mass is 338 g/mol. The van der Waals surface area contributed by atoms with Crippen LogP contribution in [0.4, 0.5) is 5.82 Å². The number of aromatic amines is 1. The number of nitrogens with one attached hydrogen (secondary N) is 2. The Morgan fingerprint density at radius 1 is 1.35 bits per heavy atom. The summed E-state index contributed by atoms with van der Waals surface area (Å²) >= 11 is 3.60. The maximum Gasteiger partial charge on any atom is 0.199 e. The number of H-pyrrole nitrogens is 1. The molecule has 2 rings (SSSR count). The first-order chi connectivity index (χ1) is 9.61. The van der Waals surface area contributed by atoms with E-state index in [0.29, 0.717) is 17.6 Å². The molecule has 6 nitrogen and oxygen atoms in total. The molecule has 2 heterocycles. The highest BCUT2D eigenvalue weighted by Crippen LogP contribution is 2.27. The normalized spacial score (nSPS) is 11.1. The Balaban J connectivity index is 2.42. The predicted molar refractivity (Wildman–Crippen MR) is 82.4 cm³/mol. The van der Waals surface area contributed by atoms with E-state index in [4.69, 9.17) is 0 Å². The topological polar surface area (TPSA) is 79.4 Å². The van der Waals surface area contributed by atoms with Crippen molar-refractivity contribution in [1.82, 2.24) is 25.1 Å². The van der Waals surface area contributed by atoms with Crippen LogP contribution in [0.15, 0.2) is 10.8 Å². The van der Waals surface area contributed by atoms with Crippen molar-refractivity contribution >= 4 is 21.7 Å². The fraction of sp³-hybridized carbons (Fsp3) is 0.538. The van der Waals surface area contributed by atoms with Crippen LogP contribution in [0.25, 0.3) is 11.6 Å². The van der Waals surface area contributed by atoms with Gasteiger partial charge < -0.3 is 5.32 Å². The first kappa shape index (κ1) is 14.9. The molecule has 0 aliphatic heterocycles. The summed E-state index contributed by atoms with van der Waals surface area (Å²) in [4.78, 5) is 13.2. The third kappa shape index (κ3) is 3.53. The van der Waals surface area contributed by atoms with Gasteiger partial charge in [-0.1, -0.05) is 20.8 Å². The van der Waals surface area contributed by atoms with E-state index in [2.05, 4.69) is 67.2 Å². The molecule has 2 aromatic rings. The minimum Gasteiger partial charge on any atom is -0.369 e. The summed E-state index contributed by atoms with van der Waals surface area (Å²) in [7, 11) is 0. The van der Waals surface area contributed by atoms with Crippen LogP contribution in [-0.2, 0) is 6.42 Å². The molecule has 0 saturated heterocycles. The van der Waals surface area contributed by atoms with Crippen LogP contribution < -0.4 is 5.32 Å². The van der Waals surface area contributed by atoms with E-state index < -0.39 is 0 Å². The smallest absolute Gasteiger partial charge is 0.199 e. The fourth-order valence-corrected chi connectivity index (χ4v) is 2.27. The van der Waals surface area contributed by atoms with Crippen molar-refractivity contribution in [3.8, 4) is 11.6 Å². The molecule has 0 atom stereocenters. The molecule has 108 valence electrons. The molecule has 0 aliphatic carbocycles. The van der Waals surface area contributed by atoms with Gasteiger partial charge in [0.2, 0.25) is 0 Å². The molecule has 2 N–H and O–H groups in total. The van der Waals surface area contributed by atoms with Gasteiger partial charge in [0.1, 0.15) is 12.1 Å². The molecule has 0 fully saturated rings. The Hall–Kier alpha value is -1.50. The molecule has 0 spiro atoms. The SMILES string of the molecule is CCCNc1nc(-c2ncn[nH]2)nc(CC(C)C)c1Br. The van der Waals surface area contributed by atoms with E-state index in [1.54, 1.807) is 0 Å². The third-order valence-corrected chi connectivity index (χ3v) is 3.52. The lowest BCUT2D eigenvalue weighted by molar-refractivity contribution is 0.632. The lowest BCUT2D eigenvalue weighted by atomic mass is 10.1. The quantitative estimate of drug-likeness (QED) is 0.846. The van der Waals surface area contributed by atoms with Crippen molar-refractivity contribution in [3.05, 3.63) is 16.5 Å². The van der Waals surface area contributed by atoms with Crippen molar-refractivity contribution in [2.45, 2.75) is 33.6 Å². The van der Waals surface area contributed by atoms with E-state index in [9.17, 15) is 0 Å². The number of hydrogen-bond donors (Lipinski definition) is 2. The first-order valence-corrected chi connectivity index (χ1v) is 7.57. The Labute approximate surface area is 127 Å². The van der Waals surface area contributed by atoms with Gasteiger partial charge in [-0.05, 0) is 34.7 Å². The summed E-state index contributed by atoms with van der Waals surface area (Å²) in [6, 6.07) is 0. The molecule has 0 amide bonds. The highest BCUT2D eigenvalue weighted by molar-refractivity contribution is 9.10. The van der Waals surface area contributed by atoms with Crippen LogP contribution in [0.5, 0.6) is 0 Å². The maximum atomic E-state index is 4.59. The lowest BCUT2D eigenvalue weighted by Crippen LogP contribution is -2.09.